The Labute approximate surface area is 99.4 Å². The zero-order chi connectivity index (χ0) is 12.5. The first-order chi connectivity index (χ1) is 8.02. The second-order valence-electron chi connectivity index (χ2n) is 4.64. The molecule has 1 fully saturated rings. The van der Waals surface area contributed by atoms with E-state index in [0.29, 0.717) is 5.69 Å². The number of rotatable bonds is 3. The Morgan fingerprint density at radius 3 is 2.94 bits per heavy atom. The molecular weight excluding hydrogens is 221 g/mol. The van der Waals surface area contributed by atoms with E-state index in [1.165, 1.54) is 6.07 Å². The molecule has 0 aliphatic carbocycles. The molecule has 1 amide bonds. The van der Waals surface area contributed by atoms with Crippen LogP contribution in [0.5, 0.6) is 0 Å². The summed E-state index contributed by atoms with van der Waals surface area (Å²) in [6, 6.07) is 4.48. The number of hydrogen-bond donors (Lipinski definition) is 3. The minimum Gasteiger partial charge on any atom is -0.378 e. The minimum atomic E-state index is -0.750. The van der Waals surface area contributed by atoms with Crippen molar-refractivity contribution in [3.63, 3.8) is 0 Å². The lowest BCUT2D eigenvalue weighted by atomic mass is 10.00. The molecule has 0 saturated carbocycles. The molecule has 1 atom stereocenters. The molecule has 1 heterocycles. The highest BCUT2D eigenvalue weighted by Crippen LogP contribution is 2.25. The first kappa shape index (κ1) is 11.9. The van der Waals surface area contributed by atoms with Gasteiger partial charge in [0.15, 0.2) is 0 Å². The van der Waals surface area contributed by atoms with Crippen LogP contribution >= 0.6 is 0 Å². The fraction of sp³-hybridized carbons (Fsp3) is 0.417. The van der Waals surface area contributed by atoms with E-state index in [-0.39, 0.29) is 11.1 Å². The van der Waals surface area contributed by atoms with Gasteiger partial charge in [0.1, 0.15) is 5.82 Å². The van der Waals surface area contributed by atoms with Crippen LogP contribution in [0.25, 0.3) is 0 Å². The molecule has 1 aromatic rings. The normalized spacial score (nSPS) is 23.6. The van der Waals surface area contributed by atoms with Gasteiger partial charge in [0, 0.05) is 12.1 Å². The van der Waals surface area contributed by atoms with Gasteiger partial charge in [-0.15, -0.1) is 0 Å². The van der Waals surface area contributed by atoms with Crippen LogP contribution in [-0.2, 0) is 0 Å². The Morgan fingerprint density at radius 1 is 1.59 bits per heavy atom. The van der Waals surface area contributed by atoms with Crippen molar-refractivity contribution < 1.29 is 9.18 Å². The summed E-state index contributed by atoms with van der Waals surface area (Å²) < 4.78 is 13.5. The summed E-state index contributed by atoms with van der Waals surface area (Å²) in [4.78, 5) is 11.2. The van der Waals surface area contributed by atoms with Crippen molar-refractivity contribution in [2.75, 3.05) is 18.4 Å². The maximum Gasteiger partial charge on any atom is 0.253 e. The van der Waals surface area contributed by atoms with Gasteiger partial charge in [-0.1, -0.05) is 6.07 Å². The monoisotopic (exact) mass is 237 g/mol. The number of nitrogens with one attached hydrogen (secondary N) is 2. The zero-order valence-electron chi connectivity index (χ0n) is 9.72. The number of nitrogens with two attached hydrogens (primary N) is 1. The molecule has 1 aliphatic heterocycles. The lowest BCUT2D eigenvalue weighted by Gasteiger charge is -2.27. The summed E-state index contributed by atoms with van der Waals surface area (Å²) in [5, 5.41) is 6.43. The van der Waals surface area contributed by atoms with Gasteiger partial charge in [-0.25, -0.2) is 4.39 Å². The van der Waals surface area contributed by atoms with Gasteiger partial charge in [-0.05, 0) is 32.0 Å². The Morgan fingerprint density at radius 2 is 2.35 bits per heavy atom. The zero-order valence-corrected chi connectivity index (χ0v) is 9.72. The van der Waals surface area contributed by atoms with Crippen molar-refractivity contribution >= 4 is 11.6 Å². The van der Waals surface area contributed by atoms with Crippen molar-refractivity contribution in [1.82, 2.24) is 5.32 Å². The van der Waals surface area contributed by atoms with Crippen LogP contribution in [0.15, 0.2) is 18.2 Å². The molecule has 1 aromatic carbocycles. The van der Waals surface area contributed by atoms with Crippen molar-refractivity contribution in [2.24, 2.45) is 5.73 Å². The van der Waals surface area contributed by atoms with Crippen LogP contribution < -0.4 is 16.4 Å². The predicted octanol–water partition coefficient (Wildman–Crippen LogP) is 1.09. The van der Waals surface area contributed by atoms with Gasteiger partial charge in [-0.3, -0.25) is 4.79 Å². The van der Waals surface area contributed by atoms with Gasteiger partial charge < -0.3 is 16.4 Å². The number of hydrogen-bond acceptors (Lipinski definition) is 3. The summed E-state index contributed by atoms with van der Waals surface area (Å²) in [7, 11) is 0. The summed E-state index contributed by atoms with van der Waals surface area (Å²) in [6.07, 6.45) is 0.918. The number of benzene rings is 1. The SMILES string of the molecule is CC1(Nc2cccc(F)c2C(N)=O)CCNC1. The minimum absolute atomic E-state index is 0.0689. The average Bonchev–Trinajstić information content (AvgIpc) is 2.64. The Balaban J connectivity index is 2.32. The van der Waals surface area contributed by atoms with Crippen LogP contribution in [0.4, 0.5) is 10.1 Å². The molecule has 1 saturated heterocycles. The second kappa shape index (κ2) is 4.33. The first-order valence-electron chi connectivity index (χ1n) is 5.59. The molecule has 4 N–H and O–H groups in total. The lowest BCUT2D eigenvalue weighted by Crippen LogP contribution is -2.37. The van der Waals surface area contributed by atoms with Crippen molar-refractivity contribution in [3.8, 4) is 0 Å². The highest BCUT2D eigenvalue weighted by atomic mass is 19.1. The maximum absolute atomic E-state index is 13.5. The quantitative estimate of drug-likeness (QED) is 0.737. The lowest BCUT2D eigenvalue weighted by molar-refractivity contribution is 0.0997. The fourth-order valence-corrected chi connectivity index (χ4v) is 2.13. The first-order valence-corrected chi connectivity index (χ1v) is 5.59. The van der Waals surface area contributed by atoms with Crippen LogP contribution in [0, 0.1) is 5.82 Å². The van der Waals surface area contributed by atoms with Gasteiger partial charge in [0.05, 0.1) is 11.3 Å². The smallest absolute Gasteiger partial charge is 0.253 e. The van der Waals surface area contributed by atoms with E-state index in [0.717, 1.165) is 19.5 Å². The summed E-state index contributed by atoms with van der Waals surface area (Å²) in [5.74, 6) is -1.34. The van der Waals surface area contributed by atoms with Crippen LogP contribution in [-0.4, -0.2) is 24.5 Å². The fourth-order valence-electron chi connectivity index (χ4n) is 2.13. The molecule has 0 radical (unpaired) electrons. The van der Waals surface area contributed by atoms with E-state index in [9.17, 15) is 9.18 Å². The number of anilines is 1. The molecule has 4 nitrogen and oxygen atoms in total. The van der Waals surface area contributed by atoms with E-state index >= 15 is 0 Å². The molecule has 17 heavy (non-hydrogen) atoms. The van der Waals surface area contributed by atoms with Crippen LogP contribution in [0.3, 0.4) is 0 Å². The van der Waals surface area contributed by atoms with E-state index in [1.54, 1.807) is 12.1 Å². The third kappa shape index (κ3) is 2.39. The molecule has 0 spiro atoms. The molecule has 0 aromatic heterocycles. The van der Waals surface area contributed by atoms with Gasteiger partial charge >= 0.3 is 0 Å². The standard InChI is InChI=1S/C12H16FN3O/c1-12(5-6-15-7-12)16-9-4-2-3-8(13)10(9)11(14)17/h2-4,15-16H,5-7H2,1H3,(H2,14,17). The van der Waals surface area contributed by atoms with Crippen molar-refractivity contribution in [2.45, 2.75) is 18.9 Å². The second-order valence-corrected chi connectivity index (χ2v) is 4.64. The predicted molar refractivity (Wildman–Crippen MR) is 64.4 cm³/mol. The van der Waals surface area contributed by atoms with Crippen LogP contribution in [0.2, 0.25) is 0 Å². The van der Waals surface area contributed by atoms with Gasteiger partial charge in [-0.2, -0.15) is 0 Å². The third-order valence-electron chi connectivity index (χ3n) is 3.07. The maximum atomic E-state index is 13.5. The average molecular weight is 237 g/mol. The number of amides is 1. The molecule has 92 valence electrons. The number of halogens is 1. The number of primary amides is 1. The molecular formula is C12H16FN3O. The van der Waals surface area contributed by atoms with Crippen molar-refractivity contribution in [3.05, 3.63) is 29.6 Å². The van der Waals surface area contributed by atoms with E-state index < -0.39 is 11.7 Å². The molecule has 0 bridgehead atoms. The molecule has 1 aliphatic rings. The van der Waals surface area contributed by atoms with E-state index in [1.807, 2.05) is 6.92 Å². The summed E-state index contributed by atoms with van der Waals surface area (Å²) >= 11 is 0. The summed E-state index contributed by atoms with van der Waals surface area (Å²) in [6.45, 7) is 3.72. The Hall–Kier alpha value is -1.62. The largest absolute Gasteiger partial charge is 0.378 e. The summed E-state index contributed by atoms with van der Waals surface area (Å²) in [5.41, 5.74) is 5.42. The van der Waals surface area contributed by atoms with E-state index in [4.69, 9.17) is 5.73 Å². The third-order valence-corrected chi connectivity index (χ3v) is 3.07. The van der Waals surface area contributed by atoms with Gasteiger partial charge in [0.25, 0.3) is 5.91 Å². The molecule has 5 heteroatoms. The molecule has 1 unspecified atom stereocenters. The van der Waals surface area contributed by atoms with Gasteiger partial charge in [0.2, 0.25) is 0 Å². The van der Waals surface area contributed by atoms with E-state index in [2.05, 4.69) is 10.6 Å². The highest BCUT2D eigenvalue weighted by Gasteiger charge is 2.29. The highest BCUT2D eigenvalue weighted by molar-refractivity contribution is 5.98. The van der Waals surface area contributed by atoms with Crippen LogP contribution in [0.1, 0.15) is 23.7 Å². The number of carbonyl (C=O) groups is 1. The van der Waals surface area contributed by atoms with Crippen molar-refractivity contribution in [1.29, 1.82) is 0 Å². The Bertz CT molecular complexity index is 441. The topological polar surface area (TPSA) is 67.1 Å². The molecule has 2 rings (SSSR count). The Kier molecular flexibility index (Phi) is 3.02. The number of carbonyl (C=O) groups excluding carboxylic acids is 1.